The van der Waals surface area contributed by atoms with Crippen LogP contribution in [0.1, 0.15) is 29.4 Å². The molecule has 0 aromatic heterocycles. The van der Waals surface area contributed by atoms with Crippen molar-refractivity contribution in [2.24, 2.45) is 0 Å². The van der Waals surface area contributed by atoms with Crippen molar-refractivity contribution >= 4 is 5.97 Å². The fraction of sp³-hybridized carbons (Fsp3) is 0.176. The zero-order valence-electron chi connectivity index (χ0n) is 11.5. The second kappa shape index (κ2) is 6.81. The van der Waals surface area contributed by atoms with Gasteiger partial charge in [0.1, 0.15) is 0 Å². The molecule has 0 aliphatic carbocycles. The van der Waals surface area contributed by atoms with Crippen LogP contribution in [0.5, 0.6) is 0 Å². The van der Waals surface area contributed by atoms with Crippen LogP contribution in [0, 0.1) is 23.0 Å². The lowest BCUT2D eigenvalue weighted by molar-refractivity contribution is -0.137. The number of aliphatic carboxylic acids is 1. The molecule has 3 nitrogen and oxygen atoms in total. The molecule has 0 heterocycles. The van der Waals surface area contributed by atoms with Gasteiger partial charge in [-0.1, -0.05) is 36.4 Å². The Bertz CT molecular complexity index is 710. The Kier molecular flexibility index (Phi) is 4.84. The van der Waals surface area contributed by atoms with Crippen molar-refractivity contribution in [2.75, 3.05) is 0 Å². The second-order valence-corrected chi connectivity index (χ2v) is 4.90. The molecule has 0 amide bonds. The van der Waals surface area contributed by atoms with Gasteiger partial charge in [0.25, 0.3) is 0 Å². The maximum absolute atomic E-state index is 13.4. The van der Waals surface area contributed by atoms with Crippen molar-refractivity contribution in [3.63, 3.8) is 0 Å². The van der Waals surface area contributed by atoms with Gasteiger partial charge in [-0.25, -0.2) is 8.78 Å². The molecule has 0 radical (unpaired) electrons. The smallest absolute Gasteiger partial charge is 0.304 e. The third-order valence-corrected chi connectivity index (χ3v) is 3.47. The molecule has 0 aliphatic rings. The van der Waals surface area contributed by atoms with Gasteiger partial charge in [-0.15, -0.1) is 0 Å². The van der Waals surface area contributed by atoms with Gasteiger partial charge in [0, 0.05) is 5.92 Å². The van der Waals surface area contributed by atoms with Gasteiger partial charge in [0.05, 0.1) is 18.4 Å². The summed E-state index contributed by atoms with van der Waals surface area (Å²) in [5.41, 5.74) is 0.928. The largest absolute Gasteiger partial charge is 0.481 e. The normalized spacial score (nSPS) is 13.1. The summed E-state index contributed by atoms with van der Waals surface area (Å²) < 4.78 is 26.5. The molecule has 0 bridgehead atoms. The molecule has 0 spiro atoms. The Morgan fingerprint density at radius 2 is 1.77 bits per heavy atom. The van der Waals surface area contributed by atoms with E-state index in [4.69, 9.17) is 5.11 Å². The molecular weight excluding hydrogens is 288 g/mol. The lowest BCUT2D eigenvalue weighted by Gasteiger charge is -2.21. The highest BCUT2D eigenvalue weighted by molar-refractivity contribution is 5.68. The minimum Gasteiger partial charge on any atom is -0.481 e. The third kappa shape index (κ3) is 3.47. The Morgan fingerprint density at radius 1 is 1.09 bits per heavy atom. The van der Waals surface area contributed by atoms with Gasteiger partial charge >= 0.3 is 5.97 Å². The molecule has 2 unspecified atom stereocenters. The topological polar surface area (TPSA) is 61.1 Å². The number of nitrogens with zero attached hydrogens (tertiary/aromatic N) is 1. The molecule has 2 atom stereocenters. The van der Waals surface area contributed by atoms with Crippen molar-refractivity contribution < 1.29 is 18.7 Å². The summed E-state index contributed by atoms with van der Waals surface area (Å²) in [7, 11) is 0. The number of nitriles is 1. The maximum Gasteiger partial charge on any atom is 0.304 e. The monoisotopic (exact) mass is 301 g/mol. The zero-order valence-corrected chi connectivity index (χ0v) is 11.5. The van der Waals surface area contributed by atoms with E-state index in [0.29, 0.717) is 5.56 Å². The highest BCUT2D eigenvalue weighted by atomic mass is 19.2. The molecule has 1 N–H and O–H groups in total. The van der Waals surface area contributed by atoms with Crippen LogP contribution in [0.2, 0.25) is 0 Å². The van der Waals surface area contributed by atoms with E-state index in [1.807, 2.05) is 0 Å². The molecule has 5 heteroatoms. The van der Waals surface area contributed by atoms with Gasteiger partial charge in [0.15, 0.2) is 11.6 Å². The van der Waals surface area contributed by atoms with Crippen LogP contribution < -0.4 is 0 Å². The predicted molar refractivity (Wildman–Crippen MR) is 76.1 cm³/mol. The number of hydrogen-bond acceptors (Lipinski definition) is 2. The molecule has 0 aliphatic heterocycles. The van der Waals surface area contributed by atoms with Crippen molar-refractivity contribution in [3.8, 4) is 6.07 Å². The minimum absolute atomic E-state index is 0.289. The van der Waals surface area contributed by atoms with Crippen LogP contribution in [-0.4, -0.2) is 11.1 Å². The summed E-state index contributed by atoms with van der Waals surface area (Å²) in [6.45, 7) is 0. The van der Waals surface area contributed by atoms with Gasteiger partial charge in [-0.3, -0.25) is 4.79 Å². The van der Waals surface area contributed by atoms with Crippen molar-refractivity contribution in [1.82, 2.24) is 0 Å². The summed E-state index contributed by atoms with van der Waals surface area (Å²) >= 11 is 0. The highest BCUT2D eigenvalue weighted by Gasteiger charge is 2.27. The quantitative estimate of drug-likeness (QED) is 0.913. The first-order chi connectivity index (χ1) is 10.5. The molecule has 22 heavy (non-hydrogen) atoms. The fourth-order valence-corrected chi connectivity index (χ4v) is 2.42. The predicted octanol–water partition coefficient (Wildman–Crippen LogP) is 3.83. The summed E-state index contributed by atoms with van der Waals surface area (Å²) in [5, 5.41) is 18.5. The molecule has 2 rings (SSSR count). The lowest BCUT2D eigenvalue weighted by Crippen LogP contribution is -2.15. The van der Waals surface area contributed by atoms with E-state index in [2.05, 4.69) is 6.07 Å². The second-order valence-electron chi connectivity index (χ2n) is 4.90. The summed E-state index contributed by atoms with van der Waals surface area (Å²) in [4.78, 5) is 11.1. The number of carboxylic acids is 1. The highest BCUT2D eigenvalue weighted by Crippen LogP contribution is 2.35. The molecule has 2 aromatic rings. The number of benzene rings is 2. The van der Waals surface area contributed by atoms with E-state index in [0.717, 1.165) is 12.1 Å². The number of carboxylic acid groups (broad SMARTS) is 1. The van der Waals surface area contributed by atoms with Crippen molar-refractivity contribution in [2.45, 2.75) is 18.3 Å². The van der Waals surface area contributed by atoms with E-state index in [1.165, 1.54) is 6.07 Å². The van der Waals surface area contributed by atoms with E-state index >= 15 is 0 Å². The Labute approximate surface area is 126 Å². The van der Waals surface area contributed by atoms with E-state index in [-0.39, 0.29) is 12.0 Å². The molecule has 0 fully saturated rings. The summed E-state index contributed by atoms with van der Waals surface area (Å²) in [6, 6.07) is 14.0. The minimum atomic E-state index is -1.11. The van der Waals surface area contributed by atoms with Gasteiger partial charge < -0.3 is 5.11 Å². The van der Waals surface area contributed by atoms with Crippen LogP contribution in [0.3, 0.4) is 0 Å². The van der Waals surface area contributed by atoms with Crippen LogP contribution in [0.15, 0.2) is 48.5 Å². The number of halogens is 2. The van der Waals surface area contributed by atoms with Crippen LogP contribution in [0.25, 0.3) is 0 Å². The first-order valence-electron chi connectivity index (χ1n) is 6.64. The molecule has 2 aromatic carbocycles. The number of hydrogen-bond donors (Lipinski definition) is 1. The van der Waals surface area contributed by atoms with Crippen LogP contribution in [-0.2, 0) is 4.79 Å². The number of carbonyl (C=O) groups is 1. The van der Waals surface area contributed by atoms with E-state index in [1.54, 1.807) is 30.3 Å². The zero-order chi connectivity index (χ0) is 16.1. The molecule has 112 valence electrons. The van der Waals surface area contributed by atoms with Crippen molar-refractivity contribution in [3.05, 3.63) is 71.3 Å². The van der Waals surface area contributed by atoms with E-state index < -0.39 is 29.4 Å². The van der Waals surface area contributed by atoms with Gasteiger partial charge in [0.2, 0.25) is 0 Å². The third-order valence-electron chi connectivity index (χ3n) is 3.47. The Balaban J connectivity index is 2.46. The molecule has 0 saturated heterocycles. The summed E-state index contributed by atoms with van der Waals surface area (Å²) in [6.07, 6.45) is -0.349. The van der Waals surface area contributed by atoms with Crippen molar-refractivity contribution in [1.29, 1.82) is 5.26 Å². The first kappa shape index (κ1) is 15.6. The van der Waals surface area contributed by atoms with E-state index in [9.17, 15) is 18.8 Å². The average molecular weight is 301 g/mol. The molecular formula is C17H13F2NO2. The molecule has 0 saturated carbocycles. The average Bonchev–Trinajstić information content (AvgIpc) is 2.50. The number of rotatable bonds is 5. The summed E-state index contributed by atoms with van der Waals surface area (Å²) in [5.74, 6) is -4.70. The fourth-order valence-electron chi connectivity index (χ4n) is 2.42. The van der Waals surface area contributed by atoms with Gasteiger partial charge in [-0.05, 0) is 23.3 Å². The maximum atomic E-state index is 13.4. The van der Waals surface area contributed by atoms with Crippen LogP contribution >= 0.6 is 0 Å². The Morgan fingerprint density at radius 3 is 2.32 bits per heavy atom. The SMILES string of the molecule is N#CC(c1ccccc1)C(CC(=O)O)c1ccc(F)c(F)c1. The van der Waals surface area contributed by atoms with Gasteiger partial charge in [-0.2, -0.15) is 5.26 Å². The lowest BCUT2D eigenvalue weighted by atomic mass is 9.80. The standard InChI is InChI=1S/C17H13F2NO2/c18-15-7-6-12(8-16(15)19)13(9-17(21)22)14(10-20)11-4-2-1-3-5-11/h1-8,13-14H,9H2,(H,21,22). The van der Waals surface area contributed by atoms with Crippen LogP contribution in [0.4, 0.5) is 8.78 Å². The first-order valence-corrected chi connectivity index (χ1v) is 6.64. The Hall–Kier alpha value is -2.74.